The first kappa shape index (κ1) is 14.9. The highest BCUT2D eigenvalue weighted by atomic mass is 19.2. The number of likely N-dealkylation sites (N-methyl/N-ethyl adjacent to an activating group) is 1. The topological polar surface area (TPSA) is 32.3 Å². The van der Waals surface area contributed by atoms with E-state index in [0.29, 0.717) is 11.5 Å². The number of amides is 1. The summed E-state index contributed by atoms with van der Waals surface area (Å²) in [5.41, 5.74) is 0.586. The van der Waals surface area contributed by atoms with E-state index in [1.165, 1.54) is 6.07 Å². The molecule has 20 heavy (non-hydrogen) atoms. The van der Waals surface area contributed by atoms with E-state index in [-0.39, 0.29) is 18.5 Å². The van der Waals surface area contributed by atoms with Crippen LogP contribution in [0.2, 0.25) is 0 Å². The van der Waals surface area contributed by atoms with Gasteiger partial charge in [0.2, 0.25) is 5.91 Å². The minimum absolute atomic E-state index is 0.00179. The second-order valence-electron chi connectivity index (χ2n) is 5.49. The normalized spacial score (nSPS) is 22.6. The van der Waals surface area contributed by atoms with Crippen LogP contribution in [-0.2, 0) is 11.3 Å². The number of carbonyl (C=O) groups excluding carboxylic acids is 1. The molecule has 0 aliphatic carbocycles. The Hall–Kier alpha value is -1.49. The molecule has 1 heterocycles. The number of hydrogen-bond donors (Lipinski definition) is 1. The van der Waals surface area contributed by atoms with Gasteiger partial charge in [-0.1, -0.05) is 13.0 Å². The van der Waals surface area contributed by atoms with Crippen LogP contribution >= 0.6 is 0 Å². The molecule has 5 heteroatoms. The maximum Gasteiger partial charge on any atom is 0.240 e. The molecule has 0 radical (unpaired) electrons. The van der Waals surface area contributed by atoms with E-state index in [4.69, 9.17) is 0 Å². The van der Waals surface area contributed by atoms with Crippen molar-refractivity contribution in [2.75, 3.05) is 13.6 Å². The van der Waals surface area contributed by atoms with Crippen LogP contribution in [0.4, 0.5) is 8.78 Å². The van der Waals surface area contributed by atoms with E-state index in [2.05, 4.69) is 12.2 Å². The van der Waals surface area contributed by atoms with Crippen molar-refractivity contribution in [1.29, 1.82) is 0 Å². The minimum Gasteiger partial charge on any atom is -0.340 e. The predicted molar refractivity (Wildman–Crippen MR) is 73.0 cm³/mol. The smallest absolute Gasteiger partial charge is 0.240 e. The standard InChI is InChI=1S/C15H20F2N2O/c1-10-4-3-7-18-14(10)15(20)19(2)9-11-5-6-12(16)13(17)8-11/h5-6,8,10,14,18H,3-4,7,9H2,1-2H3. The molecule has 1 aliphatic rings. The molecule has 1 aromatic rings. The van der Waals surface area contributed by atoms with Gasteiger partial charge >= 0.3 is 0 Å². The first-order valence-electron chi connectivity index (χ1n) is 6.91. The van der Waals surface area contributed by atoms with Gasteiger partial charge < -0.3 is 10.2 Å². The van der Waals surface area contributed by atoms with Crippen LogP contribution in [0.15, 0.2) is 18.2 Å². The quantitative estimate of drug-likeness (QED) is 0.922. The molecule has 0 bridgehead atoms. The highest BCUT2D eigenvalue weighted by molar-refractivity contribution is 5.82. The van der Waals surface area contributed by atoms with Crippen molar-refractivity contribution in [3.63, 3.8) is 0 Å². The molecule has 3 nitrogen and oxygen atoms in total. The molecular formula is C15H20F2N2O. The largest absolute Gasteiger partial charge is 0.340 e. The van der Waals surface area contributed by atoms with Gasteiger partial charge in [0.15, 0.2) is 11.6 Å². The number of hydrogen-bond acceptors (Lipinski definition) is 2. The summed E-state index contributed by atoms with van der Waals surface area (Å²) in [5, 5.41) is 3.23. The van der Waals surface area contributed by atoms with Crippen LogP contribution in [0, 0.1) is 17.6 Å². The number of carbonyl (C=O) groups is 1. The van der Waals surface area contributed by atoms with E-state index in [1.807, 2.05) is 0 Å². The predicted octanol–water partition coefficient (Wildman–Crippen LogP) is 2.31. The Balaban J connectivity index is 2.01. The third-order valence-corrected chi connectivity index (χ3v) is 3.82. The Morgan fingerprint density at radius 2 is 2.15 bits per heavy atom. The molecule has 0 aromatic heterocycles. The number of piperidine rings is 1. The highest BCUT2D eigenvalue weighted by Crippen LogP contribution is 2.18. The summed E-state index contributed by atoms with van der Waals surface area (Å²) in [4.78, 5) is 13.9. The van der Waals surface area contributed by atoms with Gasteiger partial charge in [0.25, 0.3) is 0 Å². The summed E-state index contributed by atoms with van der Waals surface area (Å²) in [7, 11) is 1.69. The number of rotatable bonds is 3. The van der Waals surface area contributed by atoms with E-state index >= 15 is 0 Å². The third-order valence-electron chi connectivity index (χ3n) is 3.82. The van der Waals surface area contributed by atoms with Crippen LogP contribution in [-0.4, -0.2) is 30.4 Å². The van der Waals surface area contributed by atoms with Gasteiger partial charge in [-0.25, -0.2) is 8.78 Å². The fourth-order valence-electron chi connectivity index (χ4n) is 2.61. The first-order valence-corrected chi connectivity index (χ1v) is 6.91. The van der Waals surface area contributed by atoms with Gasteiger partial charge in [-0.3, -0.25) is 4.79 Å². The molecule has 1 amide bonds. The Kier molecular flexibility index (Phi) is 4.70. The Morgan fingerprint density at radius 3 is 2.80 bits per heavy atom. The zero-order valence-corrected chi connectivity index (χ0v) is 11.8. The van der Waals surface area contributed by atoms with Crippen molar-refractivity contribution in [3.05, 3.63) is 35.4 Å². The van der Waals surface area contributed by atoms with Gasteiger partial charge in [0, 0.05) is 13.6 Å². The number of nitrogens with zero attached hydrogens (tertiary/aromatic N) is 1. The average Bonchev–Trinajstić information content (AvgIpc) is 2.42. The summed E-state index contributed by atoms with van der Waals surface area (Å²) < 4.78 is 26.0. The molecule has 0 spiro atoms. The maximum atomic E-state index is 13.2. The first-order chi connectivity index (χ1) is 9.49. The Labute approximate surface area is 118 Å². The molecule has 1 fully saturated rings. The molecule has 1 saturated heterocycles. The lowest BCUT2D eigenvalue weighted by Crippen LogP contribution is -2.51. The Bertz CT molecular complexity index is 493. The van der Waals surface area contributed by atoms with Crippen LogP contribution in [0.25, 0.3) is 0 Å². The van der Waals surface area contributed by atoms with Crippen molar-refractivity contribution in [2.24, 2.45) is 5.92 Å². The summed E-state index contributed by atoms with van der Waals surface area (Å²) in [6.45, 7) is 3.18. The van der Waals surface area contributed by atoms with E-state index < -0.39 is 11.6 Å². The van der Waals surface area contributed by atoms with Crippen LogP contribution in [0.5, 0.6) is 0 Å². The van der Waals surface area contributed by atoms with Crippen LogP contribution in [0.3, 0.4) is 0 Å². The number of halogens is 2. The molecule has 2 atom stereocenters. The molecule has 0 saturated carbocycles. The summed E-state index contributed by atoms with van der Waals surface area (Å²) >= 11 is 0. The lowest BCUT2D eigenvalue weighted by atomic mass is 9.92. The highest BCUT2D eigenvalue weighted by Gasteiger charge is 2.29. The fourth-order valence-corrected chi connectivity index (χ4v) is 2.61. The molecule has 2 rings (SSSR count). The van der Waals surface area contributed by atoms with Crippen LogP contribution < -0.4 is 5.32 Å². The van der Waals surface area contributed by atoms with Gasteiger partial charge in [-0.15, -0.1) is 0 Å². The number of benzene rings is 1. The molecule has 1 N–H and O–H groups in total. The summed E-state index contributed by atoms with van der Waals surface area (Å²) in [6.07, 6.45) is 2.11. The van der Waals surface area contributed by atoms with E-state index in [0.717, 1.165) is 31.5 Å². The van der Waals surface area contributed by atoms with Gasteiger partial charge in [0.05, 0.1) is 6.04 Å². The zero-order valence-electron chi connectivity index (χ0n) is 11.8. The minimum atomic E-state index is -0.882. The van der Waals surface area contributed by atoms with Crippen LogP contribution in [0.1, 0.15) is 25.3 Å². The second-order valence-corrected chi connectivity index (χ2v) is 5.49. The number of nitrogens with one attached hydrogen (secondary N) is 1. The summed E-state index contributed by atoms with van der Waals surface area (Å²) in [6, 6.07) is 3.54. The zero-order chi connectivity index (χ0) is 14.7. The van der Waals surface area contributed by atoms with Crippen molar-refractivity contribution in [3.8, 4) is 0 Å². The molecule has 2 unspecified atom stereocenters. The van der Waals surface area contributed by atoms with Gasteiger partial charge in [-0.2, -0.15) is 0 Å². The average molecular weight is 282 g/mol. The van der Waals surface area contributed by atoms with Crippen molar-refractivity contribution < 1.29 is 13.6 Å². The van der Waals surface area contributed by atoms with E-state index in [9.17, 15) is 13.6 Å². The van der Waals surface area contributed by atoms with Gasteiger partial charge in [-0.05, 0) is 43.0 Å². The monoisotopic (exact) mass is 282 g/mol. The Morgan fingerprint density at radius 1 is 1.40 bits per heavy atom. The molecule has 1 aromatic carbocycles. The SMILES string of the molecule is CC1CCCNC1C(=O)N(C)Cc1ccc(F)c(F)c1. The molecule has 110 valence electrons. The summed E-state index contributed by atoms with van der Waals surface area (Å²) in [5.74, 6) is -1.46. The van der Waals surface area contributed by atoms with Crippen molar-refractivity contribution in [1.82, 2.24) is 10.2 Å². The van der Waals surface area contributed by atoms with Crippen molar-refractivity contribution >= 4 is 5.91 Å². The second kappa shape index (κ2) is 6.31. The van der Waals surface area contributed by atoms with Crippen molar-refractivity contribution in [2.45, 2.75) is 32.4 Å². The van der Waals surface area contributed by atoms with E-state index in [1.54, 1.807) is 11.9 Å². The molecule has 1 aliphatic heterocycles. The molecular weight excluding hydrogens is 262 g/mol. The maximum absolute atomic E-state index is 13.2. The lowest BCUT2D eigenvalue weighted by molar-refractivity contribution is -0.134. The lowest BCUT2D eigenvalue weighted by Gasteiger charge is -2.32. The third kappa shape index (κ3) is 3.33. The van der Waals surface area contributed by atoms with Gasteiger partial charge in [0.1, 0.15) is 0 Å². The fraction of sp³-hybridized carbons (Fsp3) is 0.533.